The Labute approximate surface area is 108 Å². The second-order valence-corrected chi connectivity index (χ2v) is 4.12. The van der Waals surface area contributed by atoms with E-state index in [2.05, 4.69) is 9.97 Å². The maximum atomic E-state index is 11.2. The van der Waals surface area contributed by atoms with Crippen LogP contribution in [0.25, 0.3) is 22.4 Å². The minimum Gasteiger partial charge on any atom is -0.338 e. The maximum Gasteiger partial charge on any atom is 0.274 e. The summed E-state index contributed by atoms with van der Waals surface area (Å²) in [5, 5.41) is 8.55. The van der Waals surface area contributed by atoms with Crippen molar-refractivity contribution in [2.24, 2.45) is 0 Å². The van der Waals surface area contributed by atoms with Crippen LogP contribution in [0.1, 0.15) is 10.4 Å². The second kappa shape index (κ2) is 4.55. The van der Waals surface area contributed by atoms with Crippen molar-refractivity contribution in [1.29, 1.82) is 0 Å². The van der Waals surface area contributed by atoms with Crippen molar-refractivity contribution >= 4 is 16.9 Å². The molecule has 2 aromatic carbocycles. The van der Waals surface area contributed by atoms with Crippen LogP contribution in [-0.4, -0.2) is 21.1 Å². The number of nitrogens with zero attached hydrogens (tertiary/aromatic N) is 1. The summed E-state index contributed by atoms with van der Waals surface area (Å²) >= 11 is 0. The third-order valence-corrected chi connectivity index (χ3v) is 2.91. The van der Waals surface area contributed by atoms with Gasteiger partial charge in [0, 0.05) is 11.1 Å². The number of carbonyl (C=O) groups excluding carboxylic acids is 1. The molecule has 19 heavy (non-hydrogen) atoms. The Bertz CT molecular complexity index is 699. The van der Waals surface area contributed by atoms with Crippen LogP contribution < -0.4 is 5.48 Å². The summed E-state index contributed by atoms with van der Waals surface area (Å²) in [5.74, 6) is 0.216. The van der Waals surface area contributed by atoms with Gasteiger partial charge in [-0.15, -0.1) is 0 Å². The summed E-state index contributed by atoms with van der Waals surface area (Å²) in [6.45, 7) is 0. The third kappa shape index (κ3) is 2.07. The second-order valence-electron chi connectivity index (χ2n) is 4.12. The van der Waals surface area contributed by atoms with Crippen LogP contribution in [0.3, 0.4) is 0 Å². The first-order valence-corrected chi connectivity index (χ1v) is 5.77. The monoisotopic (exact) mass is 253 g/mol. The number of benzene rings is 2. The molecule has 0 spiro atoms. The van der Waals surface area contributed by atoms with Crippen molar-refractivity contribution in [3.8, 4) is 11.4 Å². The Morgan fingerprint density at radius 3 is 2.53 bits per heavy atom. The number of amides is 1. The molecule has 94 valence electrons. The van der Waals surface area contributed by atoms with Crippen molar-refractivity contribution in [3.63, 3.8) is 0 Å². The molecule has 0 unspecified atom stereocenters. The first-order valence-electron chi connectivity index (χ1n) is 5.77. The van der Waals surface area contributed by atoms with Crippen LogP contribution in [0.5, 0.6) is 0 Å². The molecular formula is C14H11N3O2. The Hall–Kier alpha value is -2.66. The highest BCUT2D eigenvalue weighted by atomic mass is 16.5. The van der Waals surface area contributed by atoms with Crippen molar-refractivity contribution in [3.05, 3.63) is 54.1 Å². The lowest BCUT2D eigenvalue weighted by Gasteiger charge is -2.00. The van der Waals surface area contributed by atoms with Gasteiger partial charge in [-0.3, -0.25) is 10.0 Å². The predicted molar refractivity (Wildman–Crippen MR) is 70.8 cm³/mol. The number of carbonyl (C=O) groups is 1. The van der Waals surface area contributed by atoms with Crippen LogP contribution in [0, 0.1) is 0 Å². The fraction of sp³-hybridized carbons (Fsp3) is 0. The summed E-state index contributed by atoms with van der Waals surface area (Å²) in [6, 6.07) is 14.6. The van der Waals surface area contributed by atoms with Gasteiger partial charge >= 0.3 is 0 Å². The molecule has 0 aliphatic carbocycles. The van der Waals surface area contributed by atoms with E-state index >= 15 is 0 Å². The van der Waals surface area contributed by atoms with E-state index in [1.807, 2.05) is 24.3 Å². The number of hydroxylamine groups is 1. The van der Waals surface area contributed by atoms with E-state index in [1.54, 1.807) is 29.7 Å². The largest absolute Gasteiger partial charge is 0.338 e. The number of imidazole rings is 1. The number of rotatable bonds is 2. The van der Waals surface area contributed by atoms with Gasteiger partial charge in [-0.2, -0.15) is 0 Å². The summed E-state index contributed by atoms with van der Waals surface area (Å²) < 4.78 is 0. The molecule has 3 rings (SSSR count). The highest BCUT2D eigenvalue weighted by molar-refractivity contribution is 5.93. The predicted octanol–water partition coefficient (Wildman–Crippen LogP) is 2.35. The van der Waals surface area contributed by atoms with E-state index in [9.17, 15) is 4.79 Å². The van der Waals surface area contributed by atoms with Gasteiger partial charge in [-0.05, 0) is 24.3 Å². The van der Waals surface area contributed by atoms with Crippen LogP contribution in [0.4, 0.5) is 0 Å². The number of nitrogens with one attached hydrogen (secondary N) is 2. The van der Waals surface area contributed by atoms with Gasteiger partial charge in [-0.25, -0.2) is 10.5 Å². The van der Waals surface area contributed by atoms with Crippen LogP contribution in [0.15, 0.2) is 48.5 Å². The van der Waals surface area contributed by atoms with Gasteiger partial charge in [0.25, 0.3) is 5.91 Å². The normalized spacial score (nSPS) is 10.6. The number of hydrogen-bond acceptors (Lipinski definition) is 3. The Morgan fingerprint density at radius 1 is 1.11 bits per heavy atom. The third-order valence-electron chi connectivity index (χ3n) is 2.91. The van der Waals surface area contributed by atoms with E-state index in [0.29, 0.717) is 5.56 Å². The molecule has 0 atom stereocenters. The molecule has 0 aliphatic rings. The highest BCUT2D eigenvalue weighted by Crippen LogP contribution is 2.20. The molecule has 0 fully saturated rings. The van der Waals surface area contributed by atoms with Crippen LogP contribution >= 0.6 is 0 Å². The molecule has 0 saturated carbocycles. The molecule has 0 aliphatic heterocycles. The molecule has 5 nitrogen and oxygen atoms in total. The topological polar surface area (TPSA) is 78.0 Å². The molecule has 5 heteroatoms. The molecular weight excluding hydrogens is 242 g/mol. The Morgan fingerprint density at radius 2 is 1.84 bits per heavy atom. The summed E-state index contributed by atoms with van der Waals surface area (Å²) in [4.78, 5) is 18.9. The number of para-hydroxylation sites is 2. The minimum absolute atomic E-state index is 0.391. The van der Waals surface area contributed by atoms with Gasteiger partial charge in [0.2, 0.25) is 0 Å². The molecule has 1 heterocycles. The molecule has 3 aromatic rings. The van der Waals surface area contributed by atoms with Gasteiger partial charge in [0.05, 0.1) is 11.0 Å². The van der Waals surface area contributed by atoms with Crippen molar-refractivity contribution in [2.75, 3.05) is 0 Å². The molecule has 3 N–H and O–H groups in total. The van der Waals surface area contributed by atoms with Crippen molar-refractivity contribution in [1.82, 2.24) is 15.4 Å². The fourth-order valence-electron chi connectivity index (χ4n) is 1.93. The number of aromatic amines is 1. The molecule has 1 aromatic heterocycles. The lowest BCUT2D eigenvalue weighted by Crippen LogP contribution is -2.18. The number of hydrogen-bond donors (Lipinski definition) is 3. The molecule has 0 radical (unpaired) electrons. The zero-order valence-corrected chi connectivity index (χ0v) is 9.92. The van der Waals surface area contributed by atoms with E-state index in [-0.39, 0.29) is 0 Å². The fourth-order valence-corrected chi connectivity index (χ4v) is 1.93. The average molecular weight is 253 g/mol. The standard InChI is InChI=1S/C14H11N3O2/c18-14(17-19)10-7-5-9(6-8-10)13-15-11-3-1-2-4-12(11)16-13/h1-8,19H,(H,15,16)(H,17,18). The molecule has 1 amide bonds. The van der Waals surface area contributed by atoms with E-state index < -0.39 is 5.91 Å². The van der Waals surface area contributed by atoms with Crippen molar-refractivity contribution < 1.29 is 10.0 Å². The van der Waals surface area contributed by atoms with Gasteiger partial charge < -0.3 is 4.98 Å². The van der Waals surface area contributed by atoms with E-state index in [1.165, 1.54) is 0 Å². The molecule has 0 saturated heterocycles. The first kappa shape index (κ1) is 11.4. The Balaban J connectivity index is 1.99. The summed E-state index contributed by atoms with van der Waals surface area (Å²) in [6.07, 6.45) is 0. The first-order chi connectivity index (χ1) is 9.28. The maximum absolute atomic E-state index is 11.2. The van der Waals surface area contributed by atoms with Gasteiger partial charge in [-0.1, -0.05) is 24.3 Å². The smallest absolute Gasteiger partial charge is 0.274 e. The van der Waals surface area contributed by atoms with Gasteiger partial charge in [0.1, 0.15) is 5.82 Å². The van der Waals surface area contributed by atoms with Gasteiger partial charge in [0.15, 0.2) is 0 Å². The van der Waals surface area contributed by atoms with Crippen molar-refractivity contribution in [2.45, 2.75) is 0 Å². The number of aromatic nitrogens is 2. The van der Waals surface area contributed by atoms with E-state index in [0.717, 1.165) is 22.4 Å². The lowest BCUT2D eigenvalue weighted by atomic mass is 10.1. The average Bonchev–Trinajstić information content (AvgIpc) is 2.90. The molecule has 0 bridgehead atoms. The van der Waals surface area contributed by atoms with Crippen LogP contribution in [-0.2, 0) is 0 Å². The lowest BCUT2D eigenvalue weighted by molar-refractivity contribution is 0.0706. The zero-order chi connectivity index (χ0) is 13.2. The van der Waals surface area contributed by atoms with E-state index in [4.69, 9.17) is 5.21 Å². The zero-order valence-electron chi connectivity index (χ0n) is 9.92. The quantitative estimate of drug-likeness (QED) is 0.484. The number of fused-ring (bicyclic) bond motifs is 1. The Kier molecular flexibility index (Phi) is 2.74. The summed E-state index contributed by atoms with van der Waals surface area (Å²) in [7, 11) is 0. The minimum atomic E-state index is -0.531. The highest BCUT2D eigenvalue weighted by Gasteiger charge is 2.07. The number of H-pyrrole nitrogens is 1. The summed E-state index contributed by atoms with van der Waals surface area (Å²) in [5.41, 5.74) is 4.74. The van der Waals surface area contributed by atoms with Crippen LogP contribution in [0.2, 0.25) is 0 Å². The SMILES string of the molecule is O=C(NO)c1ccc(-c2nc3ccccc3[nH]2)cc1.